The zero-order valence-corrected chi connectivity index (χ0v) is 25.3. The molecule has 9 nitrogen and oxygen atoms in total. The molecule has 10 heteroatoms. The first-order valence-corrected chi connectivity index (χ1v) is 15.5. The van der Waals surface area contributed by atoms with Crippen molar-refractivity contribution in [2.75, 3.05) is 11.1 Å². The number of carbonyl (C=O) groups is 2. The third-order valence-corrected chi connectivity index (χ3v) is 8.66. The van der Waals surface area contributed by atoms with Gasteiger partial charge < -0.3 is 19.9 Å². The van der Waals surface area contributed by atoms with Gasteiger partial charge in [-0.2, -0.15) is 5.10 Å². The minimum Gasteiger partial charge on any atom is -0.392 e. The number of H-pyrrole nitrogens is 1. The normalized spacial score (nSPS) is 19.6. The molecule has 0 saturated carbocycles. The van der Waals surface area contributed by atoms with Gasteiger partial charge in [0.25, 0.3) is 5.91 Å². The Morgan fingerprint density at radius 3 is 2.36 bits per heavy atom. The Balaban J connectivity index is 1.32. The number of nitrogens with zero attached hydrogens (tertiary/aromatic N) is 2. The van der Waals surface area contributed by atoms with Crippen molar-refractivity contribution in [3.05, 3.63) is 143 Å². The van der Waals surface area contributed by atoms with Crippen LogP contribution >= 0.6 is 11.8 Å². The minimum absolute atomic E-state index is 0.0516. The van der Waals surface area contributed by atoms with Crippen LogP contribution in [0.1, 0.15) is 68.2 Å². The Morgan fingerprint density at radius 1 is 0.867 bits per heavy atom. The molecule has 0 bridgehead atoms. The molecule has 228 valence electrons. The third-order valence-electron chi connectivity index (χ3n) is 7.70. The zero-order chi connectivity index (χ0) is 31.2. The summed E-state index contributed by atoms with van der Waals surface area (Å²) in [5, 5.41) is 20.1. The zero-order valence-electron chi connectivity index (χ0n) is 24.5. The number of aromatic amines is 1. The van der Waals surface area contributed by atoms with Crippen molar-refractivity contribution in [2.45, 2.75) is 43.1 Å². The molecule has 1 amide bonds. The summed E-state index contributed by atoms with van der Waals surface area (Å²) in [6.45, 7) is 1.44. The molecule has 4 unspecified atom stereocenters. The van der Waals surface area contributed by atoms with Crippen molar-refractivity contribution in [2.24, 2.45) is 0 Å². The SMILES string of the molecule is CC(=O)c1cccc(NC(=O)c2cccc(C3OC(CSc4ncn[nH]4)C(c4ccccc4)C(c4ccc(CO)cc4)O3)c2)c1. The summed E-state index contributed by atoms with van der Waals surface area (Å²) in [6, 6.07) is 31.9. The molecule has 1 aliphatic rings. The van der Waals surface area contributed by atoms with Crippen LogP contribution in [0.5, 0.6) is 0 Å². The topological polar surface area (TPSA) is 126 Å². The van der Waals surface area contributed by atoms with Crippen molar-refractivity contribution in [3.63, 3.8) is 0 Å². The van der Waals surface area contributed by atoms with Gasteiger partial charge in [0.1, 0.15) is 6.33 Å². The lowest BCUT2D eigenvalue weighted by molar-refractivity contribution is -0.255. The standard InChI is InChI=1S/C35H32N4O5S/c1-22(41)26-9-6-12-29(18-26)38-33(42)27-10-5-11-28(17-27)34-43-30(20-45-35-36-21-37-39-35)31(24-7-3-2-4-8-24)32(44-34)25-15-13-23(19-40)14-16-25/h2-18,21,30-32,34,40H,19-20H2,1H3,(H,38,42)(H,36,37,39). The molecule has 0 spiro atoms. The van der Waals surface area contributed by atoms with E-state index in [1.807, 2.05) is 48.5 Å². The molecule has 0 radical (unpaired) electrons. The summed E-state index contributed by atoms with van der Waals surface area (Å²) in [7, 11) is 0. The number of aliphatic hydroxyl groups is 1. The molecule has 4 aromatic carbocycles. The number of nitrogens with one attached hydrogen (secondary N) is 2. The van der Waals surface area contributed by atoms with Crippen LogP contribution in [0, 0.1) is 0 Å². The number of anilines is 1. The number of thioether (sulfide) groups is 1. The summed E-state index contributed by atoms with van der Waals surface area (Å²) in [5.74, 6) is -0.000905. The third kappa shape index (κ3) is 7.21. The van der Waals surface area contributed by atoms with Crippen molar-refractivity contribution in [1.82, 2.24) is 15.2 Å². The van der Waals surface area contributed by atoms with Gasteiger partial charge in [0.2, 0.25) is 0 Å². The molecule has 0 aliphatic carbocycles. The summed E-state index contributed by atoms with van der Waals surface area (Å²) in [4.78, 5) is 29.4. The molecule has 1 aliphatic heterocycles. The largest absolute Gasteiger partial charge is 0.392 e. The predicted molar refractivity (Wildman–Crippen MR) is 171 cm³/mol. The Kier molecular flexibility index (Phi) is 9.46. The first kappa shape index (κ1) is 30.4. The van der Waals surface area contributed by atoms with Gasteiger partial charge in [-0.3, -0.25) is 14.7 Å². The number of amides is 1. The fourth-order valence-electron chi connectivity index (χ4n) is 5.42. The average molecular weight is 621 g/mol. The highest BCUT2D eigenvalue weighted by atomic mass is 32.2. The highest BCUT2D eigenvalue weighted by Crippen LogP contribution is 2.48. The molecule has 3 N–H and O–H groups in total. The fourth-order valence-corrected chi connectivity index (χ4v) is 6.27. The molecule has 1 aromatic heterocycles. The molecule has 4 atom stereocenters. The Bertz CT molecular complexity index is 1750. The van der Waals surface area contributed by atoms with E-state index in [-0.39, 0.29) is 30.3 Å². The summed E-state index contributed by atoms with van der Waals surface area (Å²) in [6.07, 6.45) is -0.00788. The second kappa shape index (κ2) is 14.0. The lowest BCUT2D eigenvalue weighted by Crippen LogP contribution is -2.38. The van der Waals surface area contributed by atoms with Gasteiger partial charge in [-0.25, -0.2) is 4.98 Å². The van der Waals surface area contributed by atoms with Crippen LogP contribution in [0.15, 0.2) is 115 Å². The van der Waals surface area contributed by atoms with E-state index in [1.165, 1.54) is 25.0 Å². The van der Waals surface area contributed by atoms with E-state index in [0.29, 0.717) is 33.3 Å². The Labute approximate surface area is 265 Å². The molecule has 1 saturated heterocycles. The fraction of sp³-hybridized carbons (Fsp3) is 0.200. The Hall–Kier alpha value is -4.61. The van der Waals surface area contributed by atoms with Gasteiger partial charge in [0.05, 0.1) is 18.8 Å². The van der Waals surface area contributed by atoms with Crippen LogP contribution in [-0.4, -0.2) is 43.8 Å². The van der Waals surface area contributed by atoms with Crippen LogP contribution in [-0.2, 0) is 16.1 Å². The Morgan fingerprint density at radius 2 is 1.62 bits per heavy atom. The smallest absolute Gasteiger partial charge is 0.255 e. The van der Waals surface area contributed by atoms with Gasteiger partial charge in [0.15, 0.2) is 17.2 Å². The van der Waals surface area contributed by atoms with E-state index in [0.717, 1.165) is 16.7 Å². The summed E-state index contributed by atoms with van der Waals surface area (Å²) < 4.78 is 13.5. The lowest BCUT2D eigenvalue weighted by atomic mass is 9.84. The lowest BCUT2D eigenvalue weighted by Gasteiger charge is -2.43. The van der Waals surface area contributed by atoms with Gasteiger partial charge >= 0.3 is 0 Å². The van der Waals surface area contributed by atoms with Crippen molar-refractivity contribution >= 4 is 29.1 Å². The number of rotatable bonds is 10. The first-order chi connectivity index (χ1) is 22.0. The number of ether oxygens (including phenoxy) is 2. The second-order valence-corrected chi connectivity index (χ2v) is 11.7. The maximum atomic E-state index is 13.3. The van der Waals surface area contributed by atoms with E-state index in [9.17, 15) is 14.7 Å². The highest BCUT2D eigenvalue weighted by molar-refractivity contribution is 7.99. The number of aliphatic hydroxyl groups excluding tert-OH is 1. The number of ketones is 1. The van der Waals surface area contributed by atoms with Crippen molar-refractivity contribution < 1.29 is 24.2 Å². The van der Waals surface area contributed by atoms with Crippen molar-refractivity contribution in [1.29, 1.82) is 0 Å². The maximum Gasteiger partial charge on any atom is 0.255 e. The maximum absolute atomic E-state index is 13.3. The van der Waals surface area contributed by atoms with Crippen molar-refractivity contribution in [3.8, 4) is 0 Å². The first-order valence-electron chi connectivity index (χ1n) is 14.5. The molecule has 5 aromatic rings. The predicted octanol–water partition coefficient (Wildman–Crippen LogP) is 6.48. The number of carbonyl (C=O) groups excluding carboxylic acids is 2. The average Bonchev–Trinajstić information content (AvgIpc) is 3.61. The number of aromatic nitrogens is 3. The summed E-state index contributed by atoms with van der Waals surface area (Å²) in [5.41, 5.74) is 4.99. The second-order valence-electron chi connectivity index (χ2n) is 10.7. The van der Waals surface area contributed by atoms with E-state index in [1.54, 1.807) is 42.5 Å². The van der Waals surface area contributed by atoms with Crippen LogP contribution in [0.25, 0.3) is 0 Å². The summed E-state index contributed by atoms with van der Waals surface area (Å²) >= 11 is 1.51. The molecule has 1 fully saturated rings. The molecule has 45 heavy (non-hydrogen) atoms. The van der Waals surface area contributed by atoms with Crippen LogP contribution in [0.2, 0.25) is 0 Å². The van der Waals surface area contributed by atoms with Crippen LogP contribution < -0.4 is 5.32 Å². The van der Waals surface area contributed by atoms with Crippen LogP contribution in [0.3, 0.4) is 0 Å². The van der Waals surface area contributed by atoms with E-state index >= 15 is 0 Å². The highest BCUT2D eigenvalue weighted by Gasteiger charge is 2.42. The van der Waals surface area contributed by atoms with Crippen LogP contribution in [0.4, 0.5) is 5.69 Å². The molecular weight excluding hydrogens is 588 g/mol. The molecular formula is C35H32N4O5S. The number of hydrogen-bond acceptors (Lipinski definition) is 8. The number of Topliss-reactive ketones (excluding diaryl/α,β-unsaturated/α-hetero) is 1. The van der Waals surface area contributed by atoms with E-state index in [2.05, 4.69) is 32.6 Å². The van der Waals surface area contributed by atoms with Gasteiger partial charge in [-0.1, -0.05) is 90.6 Å². The van der Waals surface area contributed by atoms with E-state index < -0.39 is 12.4 Å². The van der Waals surface area contributed by atoms with E-state index in [4.69, 9.17) is 9.47 Å². The monoisotopic (exact) mass is 620 g/mol. The van der Waals surface area contributed by atoms with Gasteiger partial charge in [0, 0.05) is 34.0 Å². The van der Waals surface area contributed by atoms with Gasteiger partial charge in [-0.05, 0) is 47.9 Å². The quantitative estimate of drug-likeness (QED) is 0.120. The van der Waals surface area contributed by atoms with Gasteiger partial charge in [-0.15, -0.1) is 0 Å². The number of hydrogen-bond donors (Lipinski definition) is 3. The number of benzene rings is 4. The minimum atomic E-state index is -0.776. The molecule has 2 heterocycles. The molecule has 6 rings (SSSR count).